The molecular weight excluding hydrogens is 324 g/mol. The van der Waals surface area contributed by atoms with E-state index in [9.17, 15) is 14.4 Å². The maximum absolute atomic E-state index is 11.9. The topological polar surface area (TPSA) is 75.7 Å². The van der Waals surface area contributed by atoms with Crippen LogP contribution >= 0.6 is 27.7 Å². The number of halogens is 1. The second-order valence-corrected chi connectivity index (χ2v) is 5.42. The SMILES string of the molecule is COC(=O)C1=C(CBr)CS[C@@H]2C(NC=O)C(=O)N12. The van der Waals surface area contributed by atoms with E-state index >= 15 is 0 Å². The van der Waals surface area contributed by atoms with Gasteiger partial charge in [0, 0.05) is 11.1 Å². The molecule has 0 aromatic carbocycles. The third kappa shape index (κ3) is 1.93. The summed E-state index contributed by atoms with van der Waals surface area (Å²) < 4.78 is 4.71. The van der Waals surface area contributed by atoms with E-state index in [0.29, 0.717) is 23.2 Å². The third-order valence-electron chi connectivity index (χ3n) is 2.83. The monoisotopic (exact) mass is 334 g/mol. The minimum absolute atomic E-state index is 0.223. The predicted octanol–water partition coefficient (Wildman–Crippen LogP) is -0.162. The van der Waals surface area contributed by atoms with E-state index < -0.39 is 12.0 Å². The van der Waals surface area contributed by atoms with Gasteiger partial charge >= 0.3 is 5.97 Å². The first kappa shape index (κ1) is 13.4. The van der Waals surface area contributed by atoms with Crippen LogP contribution in [0.3, 0.4) is 0 Å². The number of esters is 1. The van der Waals surface area contributed by atoms with Crippen LogP contribution in [0.2, 0.25) is 0 Å². The first-order valence-electron chi connectivity index (χ1n) is 5.16. The zero-order valence-corrected chi connectivity index (χ0v) is 11.9. The summed E-state index contributed by atoms with van der Waals surface area (Å²) >= 11 is 4.81. The summed E-state index contributed by atoms with van der Waals surface area (Å²) in [5, 5.41) is 2.75. The van der Waals surface area contributed by atoms with Crippen molar-refractivity contribution in [2.24, 2.45) is 0 Å². The Labute approximate surface area is 116 Å². The van der Waals surface area contributed by atoms with E-state index in [1.807, 2.05) is 0 Å². The van der Waals surface area contributed by atoms with Gasteiger partial charge in [-0.1, -0.05) is 15.9 Å². The largest absolute Gasteiger partial charge is 0.464 e. The van der Waals surface area contributed by atoms with Crippen LogP contribution in [0.25, 0.3) is 0 Å². The van der Waals surface area contributed by atoms with Crippen molar-refractivity contribution in [3.63, 3.8) is 0 Å². The number of carbonyl (C=O) groups excluding carboxylic acids is 3. The van der Waals surface area contributed by atoms with Crippen LogP contribution in [0, 0.1) is 0 Å². The van der Waals surface area contributed by atoms with E-state index in [4.69, 9.17) is 4.74 Å². The Morgan fingerprint density at radius 3 is 3.00 bits per heavy atom. The molecule has 1 fully saturated rings. The molecule has 2 amide bonds. The van der Waals surface area contributed by atoms with Gasteiger partial charge in [-0.15, -0.1) is 11.8 Å². The molecule has 6 nitrogen and oxygen atoms in total. The summed E-state index contributed by atoms with van der Waals surface area (Å²) in [6, 6.07) is -0.552. The number of ether oxygens (including phenoxy) is 1. The standard InChI is InChI=1S/C10H11BrN2O4S/c1-17-10(16)7-5(2-11)3-18-9-6(12-4-14)8(15)13(7)9/h4,6,9H,2-3H2,1H3,(H,12,14)/t6?,9-/m1/s1. The molecule has 0 aliphatic carbocycles. The summed E-state index contributed by atoms with van der Waals surface area (Å²) in [4.78, 5) is 35.5. The Balaban J connectivity index is 2.30. The molecular formula is C10H11BrN2O4S. The lowest BCUT2D eigenvalue weighted by atomic mass is 10.0. The summed E-state index contributed by atoms with van der Waals surface area (Å²) in [5.41, 5.74) is 1.12. The fraction of sp³-hybridized carbons (Fsp3) is 0.500. The van der Waals surface area contributed by atoms with Crippen LogP contribution in [0.15, 0.2) is 11.3 Å². The van der Waals surface area contributed by atoms with Crippen LogP contribution in [0.1, 0.15) is 0 Å². The zero-order valence-electron chi connectivity index (χ0n) is 9.51. The van der Waals surface area contributed by atoms with Crippen LogP contribution in [-0.2, 0) is 19.1 Å². The summed E-state index contributed by atoms with van der Waals surface area (Å²) in [6.07, 6.45) is 0.502. The van der Waals surface area contributed by atoms with Crippen LogP contribution in [0.5, 0.6) is 0 Å². The van der Waals surface area contributed by atoms with Gasteiger partial charge in [0.15, 0.2) is 0 Å². The molecule has 2 aliphatic rings. The van der Waals surface area contributed by atoms with E-state index in [1.165, 1.54) is 23.8 Å². The predicted molar refractivity (Wildman–Crippen MR) is 68.9 cm³/mol. The number of thioether (sulfide) groups is 1. The number of carbonyl (C=O) groups is 3. The highest BCUT2D eigenvalue weighted by Crippen LogP contribution is 2.40. The Kier molecular flexibility index (Phi) is 3.96. The molecule has 98 valence electrons. The number of amides is 2. The van der Waals surface area contributed by atoms with Crippen LogP contribution in [0.4, 0.5) is 0 Å². The van der Waals surface area contributed by atoms with Crippen molar-refractivity contribution >= 4 is 46.0 Å². The molecule has 1 saturated heterocycles. The van der Waals surface area contributed by atoms with E-state index in [0.717, 1.165) is 5.57 Å². The number of β-lactam (4-membered cyclic amide) rings is 1. The minimum Gasteiger partial charge on any atom is -0.464 e. The number of nitrogens with zero attached hydrogens (tertiary/aromatic N) is 1. The lowest BCUT2D eigenvalue weighted by Gasteiger charge is -2.49. The van der Waals surface area contributed by atoms with Gasteiger partial charge in [-0.25, -0.2) is 4.79 Å². The van der Waals surface area contributed by atoms with Crippen LogP contribution in [-0.4, -0.2) is 52.8 Å². The number of alkyl halides is 1. The Bertz CT molecular complexity index is 440. The molecule has 0 spiro atoms. The minimum atomic E-state index is -0.552. The second kappa shape index (κ2) is 5.31. The molecule has 0 aromatic rings. The van der Waals surface area contributed by atoms with Crippen molar-refractivity contribution in [2.75, 3.05) is 18.2 Å². The average Bonchev–Trinajstić information content (AvgIpc) is 2.41. The highest BCUT2D eigenvalue weighted by atomic mass is 79.9. The molecule has 18 heavy (non-hydrogen) atoms. The molecule has 0 saturated carbocycles. The molecule has 2 atom stereocenters. The van der Waals surface area contributed by atoms with Gasteiger partial charge in [0.1, 0.15) is 17.1 Å². The van der Waals surface area contributed by atoms with Crippen molar-refractivity contribution in [1.82, 2.24) is 10.2 Å². The van der Waals surface area contributed by atoms with Crippen LogP contribution < -0.4 is 5.32 Å². The fourth-order valence-corrected chi connectivity index (χ4v) is 4.05. The average molecular weight is 335 g/mol. The fourth-order valence-electron chi connectivity index (χ4n) is 1.97. The molecule has 1 N–H and O–H groups in total. The number of methoxy groups -OCH3 is 1. The maximum atomic E-state index is 11.9. The lowest BCUT2D eigenvalue weighted by molar-refractivity contribution is -0.151. The van der Waals surface area contributed by atoms with Crippen molar-refractivity contribution in [3.05, 3.63) is 11.3 Å². The molecule has 2 aliphatic heterocycles. The van der Waals surface area contributed by atoms with Gasteiger partial charge in [-0.05, 0) is 5.57 Å². The quantitative estimate of drug-likeness (QED) is 0.334. The summed E-state index contributed by atoms with van der Waals surface area (Å²) in [7, 11) is 1.28. The molecule has 8 heteroatoms. The van der Waals surface area contributed by atoms with E-state index in [1.54, 1.807) is 0 Å². The molecule has 0 radical (unpaired) electrons. The second-order valence-electron chi connectivity index (χ2n) is 3.75. The number of nitrogens with one attached hydrogen (secondary N) is 1. The number of hydrogen-bond acceptors (Lipinski definition) is 5. The Hall–Kier alpha value is -1.02. The highest BCUT2D eigenvalue weighted by Gasteiger charge is 2.53. The van der Waals surface area contributed by atoms with Crippen molar-refractivity contribution in [2.45, 2.75) is 11.4 Å². The summed E-state index contributed by atoms with van der Waals surface area (Å²) in [6.45, 7) is 0. The number of hydrogen-bond donors (Lipinski definition) is 1. The van der Waals surface area contributed by atoms with Crippen molar-refractivity contribution in [3.8, 4) is 0 Å². The first-order chi connectivity index (χ1) is 8.65. The Morgan fingerprint density at radius 1 is 1.72 bits per heavy atom. The van der Waals surface area contributed by atoms with Crippen molar-refractivity contribution < 1.29 is 19.1 Å². The van der Waals surface area contributed by atoms with Gasteiger partial charge in [0.2, 0.25) is 6.41 Å². The number of rotatable bonds is 4. The molecule has 0 bridgehead atoms. The van der Waals surface area contributed by atoms with Gasteiger partial charge in [-0.2, -0.15) is 0 Å². The van der Waals surface area contributed by atoms with E-state index in [2.05, 4.69) is 21.2 Å². The lowest BCUT2D eigenvalue weighted by Crippen LogP contribution is -2.69. The number of fused-ring (bicyclic) bond motifs is 1. The first-order valence-corrected chi connectivity index (χ1v) is 7.33. The molecule has 2 rings (SSSR count). The normalized spacial score (nSPS) is 26.3. The van der Waals surface area contributed by atoms with Gasteiger partial charge in [0.05, 0.1) is 7.11 Å². The maximum Gasteiger partial charge on any atom is 0.354 e. The van der Waals surface area contributed by atoms with Gasteiger partial charge in [0.25, 0.3) is 5.91 Å². The molecule has 2 heterocycles. The highest BCUT2D eigenvalue weighted by molar-refractivity contribution is 9.09. The van der Waals surface area contributed by atoms with Gasteiger partial charge in [-0.3, -0.25) is 14.5 Å². The zero-order chi connectivity index (χ0) is 13.3. The molecule has 0 aromatic heterocycles. The third-order valence-corrected chi connectivity index (χ3v) is 4.85. The smallest absolute Gasteiger partial charge is 0.354 e. The van der Waals surface area contributed by atoms with Crippen molar-refractivity contribution in [1.29, 1.82) is 0 Å². The Morgan fingerprint density at radius 2 is 2.44 bits per heavy atom. The van der Waals surface area contributed by atoms with E-state index in [-0.39, 0.29) is 11.3 Å². The summed E-state index contributed by atoms with van der Waals surface area (Å²) in [5.74, 6) is -0.174. The van der Waals surface area contributed by atoms with Gasteiger partial charge < -0.3 is 10.1 Å². The molecule has 1 unspecified atom stereocenters.